The third kappa shape index (κ3) is 2.81. The van der Waals surface area contributed by atoms with Gasteiger partial charge in [-0.1, -0.05) is 18.0 Å². The molecule has 0 saturated heterocycles. The van der Waals surface area contributed by atoms with Crippen LogP contribution in [0.15, 0.2) is 4.99 Å². The maximum Gasteiger partial charge on any atom is 0.364 e. The van der Waals surface area contributed by atoms with Gasteiger partial charge in [0.25, 0.3) is 0 Å². The standard InChI is InChI=1S/C9H17N2O2/c1-3-4-6-11(13-9(2)12)7-5-10-8-11/h8H,3-7H2,1-2H3/q+1. The summed E-state index contributed by atoms with van der Waals surface area (Å²) in [7, 11) is 0. The molecule has 1 heterocycles. The highest BCUT2D eigenvalue weighted by molar-refractivity contribution is 5.66. The van der Waals surface area contributed by atoms with Crippen molar-refractivity contribution in [3.8, 4) is 0 Å². The van der Waals surface area contributed by atoms with Crippen LogP contribution in [0.5, 0.6) is 0 Å². The summed E-state index contributed by atoms with van der Waals surface area (Å²) in [5.74, 6) is -0.232. The van der Waals surface area contributed by atoms with Crippen LogP contribution in [0.3, 0.4) is 0 Å². The highest BCUT2D eigenvalue weighted by Gasteiger charge is 2.33. The largest absolute Gasteiger partial charge is 0.364 e. The number of rotatable bonds is 4. The summed E-state index contributed by atoms with van der Waals surface area (Å²) in [6.45, 7) is 5.96. The first-order valence-electron chi connectivity index (χ1n) is 4.76. The summed E-state index contributed by atoms with van der Waals surface area (Å²) in [5.41, 5.74) is 0. The van der Waals surface area contributed by atoms with Gasteiger partial charge in [0.05, 0.1) is 6.54 Å². The molecule has 4 heteroatoms. The minimum Gasteiger partial charge on any atom is -0.271 e. The fraction of sp³-hybridized carbons (Fsp3) is 0.778. The second-order valence-electron chi connectivity index (χ2n) is 3.36. The average Bonchev–Trinajstić information content (AvgIpc) is 2.49. The number of quaternary nitrogens is 1. The SMILES string of the molecule is CCCC[N+]1(OC(C)=O)C=NCC1. The summed E-state index contributed by atoms with van der Waals surface area (Å²) >= 11 is 0. The zero-order valence-corrected chi connectivity index (χ0v) is 8.32. The third-order valence-corrected chi connectivity index (χ3v) is 2.10. The minimum atomic E-state index is -0.232. The number of unbranched alkanes of at least 4 members (excludes halogenated alkanes) is 1. The van der Waals surface area contributed by atoms with E-state index in [1.165, 1.54) is 6.92 Å². The topological polar surface area (TPSA) is 38.7 Å². The Morgan fingerprint density at radius 3 is 2.92 bits per heavy atom. The van der Waals surface area contributed by atoms with Crippen molar-refractivity contribution in [2.24, 2.45) is 4.99 Å². The van der Waals surface area contributed by atoms with E-state index in [9.17, 15) is 4.79 Å². The van der Waals surface area contributed by atoms with Crippen LogP contribution < -0.4 is 0 Å². The number of hydrogen-bond acceptors (Lipinski definition) is 3. The molecule has 0 amide bonds. The van der Waals surface area contributed by atoms with E-state index in [0.29, 0.717) is 4.65 Å². The van der Waals surface area contributed by atoms with Crippen molar-refractivity contribution in [1.82, 2.24) is 0 Å². The molecule has 0 aromatic carbocycles. The van der Waals surface area contributed by atoms with Crippen LogP contribution in [-0.4, -0.2) is 36.6 Å². The lowest BCUT2D eigenvalue weighted by atomic mass is 10.3. The Bertz CT molecular complexity index is 216. The first-order valence-corrected chi connectivity index (χ1v) is 4.76. The molecule has 1 unspecified atom stereocenters. The van der Waals surface area contributed by atoms with Crippen molar-refractivity contribution in [3.05, 3.63) is 0 Å². The van der Waals surface area contributed by atoms with Gasteiger partial charge in [-0.05, 0) is 0 Å². The molecule has 0 aromatic rings. The Balaban J connectivity index is 2.53. The molecule has 1 atom stereocenters. The lowest BCUT2D eigenvalue weighted by Gasteiger charge is -2.25. The summed E-state index contributed by atoms with van der Waals surface area (Å²) in [4.78, 5) is 20.2. The zero-order valence-electron chi connectivity index (χ0n) is 8.32. The van der Waals surface area contributed by atoms with Gasteiger partial charge in [-0.25, -0.2) is 9.79 Å². The molecule has 13 heavy (non-hydrogen) atoms. The monoisotopic (exact) mass is 185 g/mol. The van der Waals surface area contributed by atoms with E-state index in [2.05, 4.69) is 11.9 Å². The maximum atomic E-state index is 10.9. The first-order chi connectivity index (χ1) is 6.18. The van der Waals surface area contributed by atoms with Gasteiger partial charge in [0.2, 0.25) is 6.34 Å². The summed E-state index contributed by atoms with van der Waals surface area (Å²) in [6, 6.07) is 0. The van der Waals surface area contributed by atoms with Crippen molar-refractivity contribution >= 4 is 12.3 Å². The highest BCUT2D eigenvalue weighted by Crippen LogP contribution is 2.12. The van der Waals surface area contributed by atoms with Crippen LogP contribution in [0.4, 0.5) is 0 Å². The fourth-order valence-corrected chi connectivity index (χ4v) is 1.46. The van der Waals surface area contributed by atoms with Gasteiger partial charge >= 0.3 is 5.97 Å². The molecule has 1 rings (SSSR count). The van der Waals surface area contributed by atoms with Gasteiger partial charge < -0.3 is 0 Å². The van der Waals surface area contributed by atoms with Crippen molar-refractivity contribution in [3.63, 3.8) is 0 Å². The van der Waals surface area contributed by atoms with Gasteiger partial charge in [0.15, 0.2) is 0 Å². The van der Waals surface area contributed by atoms with Crippen LogP contribution in [-0.2, 0) is 9.63 Å². The number of hydrogen-bond donors (Lipinski definition) is 0. The van der Waals surface area contributed by atoms with E-state index in [1.54, 1.807) is 6.34 Å². The number of carbonyl (C=O) groups is 1. The predicted octanol–water partition coefficient (Wildman–Crippen LogP) is 1.12. The number of aliphatic imine (C=N–C) groups is 1. The minimum absolute atomic E-state index is 0.232. The number of nitrogens with zero attached hydrogens (tertiary/aromatic N) is 2. The smallest absolute Gasteiger partial charge is 0.271 e. The Kier molecular flexibility index (Phi) is 3.42. The molecule has 74 valence electrons. The van der Waals surface area contributed by atoms with E-state index >= 15 is 0 Å². The summed E-state index contributed by atoms with van der Waals surface area (Å²) in [5, 5.41) is 0. The Morgan fingerprint density at radius 1 is 1.69 bits per heavy atom. The highest BCUT2D eigenvalue weighted by atomic mass is 16.7. The van der Waals surface area contributed by atoms with E-state index in [4.69, 9.17) is 4.84 Å². The Morgan fingerprint density at radius 2 is 2.46 bits per heavy atom. The van der Waals surface area contributed by atoms with Gasteiger partial charge in [-0.15, -0.1) is 0 Å². The molecule has 0 aliphatic carbocycles. The number of hydroxylamine groups is 3. The molecular formula is C9H17N2O2+. The van der Waals surface area contributed by atoms with E-state index in [1.807, 2.05) is 0 Å². The molecule has 1 aliphatic rings. The summed E-state index contributed by atoms with van der Waals surface area (Å²) in [6.07, 6.45) is 3.91. The van der Waals surface area contributed by atoms with Crippen LogP contribution in [0.2, 0.25) is 0 Å². The molecule has 0 aromatic heterocycles. The average molecular weight is 185 g/mol. The summed E-state index contributed by atoms with van der Waals surface area (Å²) < 4.78 is 0.295. The van der Waals surface area contributed by atoms with Crippen LogP contribution in [0, 0.1) is 0 Å². The van der Waals surface area contributed by atoms with Crippen LogP contribution >= 0.6 is 0 Å². The molecule has 0 fully saturated rings. The van der Waals surface area contributed by atoms with Gasteiger partial charge in [-0.2, -0.15) is 0 Å². The lowest BCUT2D eigenvalue weighted by Crippen LogP contribution is -2.47. The first kappa shape index (κ1) is 10.2. The van der Waals surface area contributed by atoms with Crippen molar-refractivity contribution in [2.75, 3.05) is 19.6 Å². The van der Waals surface area contributed by atoms with Gasteiger partial charge in [0.1, 0.15) is 13.1 Å². The van der Waals surface area contributed by atoms with Crippen molar-refractivity contribution in [1.29, 1.82) is 0 Å². The Labute approximate surface area is 78.7 Å². The molecule has 0 radical (unpaired) electrons. The molecule has 0 bridgehead atoms. The molecular weight excluding hydrogens is 168 g/mol. The fourth-order valence-electron chi connectivity index (χ4n) is 1.46. The molecule has 0 N–H and O–H groups in total. The van der Waals surface area contributed by atoms with E-state index < -0.39 is 0 Å². The third-order valence-electron chi connectivity index (χ3n) is 2.10. The normalized spacial score (nSPS) is 26.3. The van der Waals surface area contributed by atoms with E-state index in [0.717, 1.165) is 32.5 Å². The second kappa shape index (κ2) is 4.37. The van der Waals surface area contributed by atoms with Crippen molar-refractivity contribution in [2.45, 2.75) is 26.7 Å². The predicted molar refractivity (Wildman–Crippen MR) is 50.0 cm³/mol. The molecule has 4 nitrogen and oxygen atoms in total. The van der Waals surface area contributed by atoms with Crippen LogP contribution in [0.25, 0.3) is 0 Å². The molecule has 0 spiro atoms. The number of carbonyl (C=O) groups excluding carboxylic acids is 1. The molecule has 0 saturated carbocycles. The van der Waals surface area contributed by atoms with Crippen molar-refractivity contribution < 1.29 is 14.3 Å². The van der Waals surface area contributed by atoms with E-state index in [-0.39, 0.29) is 5.97 Å². The lowest BCUT2D eigenvalue weighted by molar-refractivity contribution is -1.01. The zero-order chi connectivity index (χ0) is 9.73. The van der Waals surface area contributed by atoms with Gasteiger partial charge in [0, 0.05) is 13.3 Å². The van der Waals surface area contributed by atoms with Crippen LogP contribution in [0.1, 0.15) is 26.7 Å². The maximum absolute atomic E-state index is 10.9. The second-order valence-corrected chi connectivity index (χ2v) is 3.36. The Hall–Kier alpha value is -0.900. The van der Waals surface area contributed by atoms with Gasteiger partial charge in [-0.3, -0.25) is 4.84 Å². The molecule has 1 aliphatic heterocycles. The quantitative estimate of drug-likeness (QED) is 0.616.